The molecule has 0 aromatic carbocycles. The van der Waals surface area contributed by atoms with Crippen molar-refractivity contribution in [2.75, 3.05) is 7.11 Å². The zero-order valence-corrected chi connectivity index (χ0v) is 8.71. The first-order valence-electron chi connectivity index (χ1n) is 4.70. The van der Waals surface area contributed by atoms with Gasteiger partial charge in [-0.3, -0.25) is 9.97 Å². The molecule has 0 aliphatic rings. The van der Waals surface area contributed by atoms with Gasteiger partial charge >= 0.3 is 0 Å². The normalized spacial score (nSPS) is 9.50. The van der Waals surface area contributed by atoms with E-state index in [1.807, 2.05) is 24.3 Å². The third-order valence-electron chi connectivity index (χ3n) is 2.13. The molecule has 0 N–H and O–H groups in total. The predicted molar refractivity (Wildman–Crippen MR) is 58.7 cm³/mol. The molecule has 2 heterocycles. The lowest BCUT2D eigenvalue weighted by Gasteiger charge is -2.04. The summed E-state index contributed by atoms with van der Waals surface area (Å²) in [5.74, 6) is 0.512. The van der Waals surface area contributed by atoms with Crippen LogP contribution in [0.15, 0.2) is 36.7 Å². The molecule has 16 heavy (non-hydrogen) atoms. The van der Waals surface area contributed by atoms with Gasteiger partial charge in [0, 0.05) is 18.5 Å². The Morgan fingerprint density at radius 2 is 2.12 bits per heavy atom. The van der Waals surface area contributed by atoms with Gasteiger partial charge in [-0.15, -0.1) is 0 Å². The molecule has 78 valence electrons. The van der Waals surface area contributed by atoms with Gasteiger partial charge in [0.15, 0.2) is 0 Å². The van der Waals surface area contributed by atoms with Crippen LogP contribution in [-0.4, -0.2) is 17.1 Å². The summed E-state index contributed by atoms with van der Waals surface area (Å²) in [6.07, 6.45) is 3.19. The van der Waals surface area contributed by atoms with Crippen molar-refractivity contribution in [2.24, 2.45) is 0 Å². The zero-order valence-electron chi connectivity index (χ0n) is 8.71. The summed E-state index contributed by atoms with van der Waals surface area (Å²) in [4.78, 5) is 8.34. The highest BCUT2D eigenvalue weighted by molar-refractivity contribution is 5.58. The molecule has 2 aromatic heterocycles. The number of pyridine rings is 2. The van der Waals surface area contributed by atoms with E-state index in [1.165, 1.54) is 13.3 Å². The van der Waals surface area contributed by atoms with Crippen molar-refractivity contribution in [3.63, 3.8) is 0 Å². The summed E-state index contributed by atoms with van der Waals surface area (Å²) < 4.78 is 5.11. The Kier molecular flexibility index (Phi) is 2.79. The van der Waals surface area contributed by atoms with Crippen LogP contribution >= 0.6 is 0 Å². The van der Waals surface area contributed by atoms with Crippen LogP contribution in [0.25, 0.3) is 11.4 Å². The first-order chi connectivity index (χ1) is 7.85. The summed E-state index contributed by atoms with van der Waals surface area (Å²) in [7, 11) is 1.53. The summed E-state index contributed by atoms with van der Waals surface area (Å²) in [6.45, 7) is 0. The number of hydrogen-bond donors (Lipinski definition) is 0. The molecule has 0 atom stereocenters. The first-order valence-corrected chi connectivity index (χ1v) is 4.70. The average Bonchev–Trinajstić information content (AvgIpc) is 2.39. The molecule has 0 saturated carbocycles. The monoisotopic (exact) mass is 211 g/mol. The van der Waals surface area contributed by atoms with Crippen LogP contribution < -0.4 is 4.74 Å². The molecule has 0 bridgehead atoms. The van der Waals surface area contributed by atoms with Gasteiger partial charge in [0.25, 0.3) is 0 Å². The lowest BCUT2D eigenvalue weighted by Crippen LogP contribution is -1.92. The highest BCUT2D eigenvalue weighted by atomic mass is 16.5. The van der Waals surface area contributed by atoms with Crippen molar-refractivity contribution in [2.45, 2.75) is 0 Å². The summed E-state index contributed by atoms with van der Waals surface area (Å²) >= 11 is 0. The molecule has 2 aromatic rings. The van der Waals surface area contributed by atoms with Crippen molar-refractivity contribution in [1.82, 2.24) is 9.97 Å². The van der Waals surface area contributed by atoms with Crippen LogP contribution in [-0.2, 0) is 0 Å². The standard InChI is InChI=1S/C12H9N3O/c1-16-12-6-11(15-8-9(12)7-13)10-4-2-3-5-14-10/h2-6,8H,1H3. The van der Waals surface area contributed by atoms with Crippen LogP contribution in [0.3, 0.4) is 0 Å². The number of hydrogen-bond acceptors (Lipinski definition) is 4. The van der Waals surface area contributed by atoms with Crippen molar-refractivity contribution in [3.8, 4) is 23.2 Å². The van der Waals surface area contributed by atoms with Crippen LogP contribution in [0, 0.1) is 11.3 Å². The van der Waals surface area contributed by atoms with E-state index < -0.39 is 0 Å². The lowest BCUT2D eigenvalue weighted by molar-refractivity contribution is 0.413. The number of ether oxygens (including phenoxy) is 1. The van der Waals surface area contributed by atoms with E-state index in [-0.39, 0.29) is 0 Å². The van der Waals surface area contributed by atoms with Crippen molar-refractivity contribution >= 4 is 0 Å². The van der Waals surface area contributed by atoms with E-state index in [1.54, 1.807) is 12.3 Å². The predicted octanol–water partition coefficient (Wildman–Crippen LogP) is 2.02. The van der Waals surface area contributed by atoms with Crippen LogP contribution in [0.4, 0.5) is 0 Å². The lowest BCUT2D eigenvalue weighted by atomic mass is 10.2. The summed E-state index contributed by atoms with van der Waals surface area (Å²) in [5, 5.41) is 8.83. The van der Waals surface area contributed by atoms with Gasteiger partial charge in [0.2, 0.25) is 0 Å². The van der Waals surface area contributed by atoms with Crippen molar-refractivity contribution < 1.29 is 4.74 Å². The maximum absolute atomic E-state index is 8.83. The Labute approximate surface area is 93.2 Å². The van der Waals surface area contributed by atoms with E-state index >= 15 is 0 Å². The Morgan fingerprint density at radius 3 is 2.75 bits per heavy atom. The fourth-order valence-electron chi connectivity index (χ4n) is 1.34. The zero-order chi connectivity index (χ0) is 11.4. The Hall–Kier alpha value is -2.41. The van der Waals surface area contributed by atoms with Crippen LogP contribution in [0.1, 0.15) is 5.56 Å². The van der Waals surface area contributed by atoms with Gasteiger partial charge in [-0.05, 0) is 12.1 Å². The molecule has 0 aliphatic carbocycles. The quantitative estimate of drug-likeness (QED) is 0.762. The minimum atomic E-state index is 0.419. The average molecular weight is 211 g/mol. The van der Waals surface area contributed by atoms with Crippen LogP contribution in [0.5, 0.6) is 5.75 Å². The van der Waals surface area contributed by atoms with Gasteiger partial charge in [0.1, 0.15) is 17.4 Å². The van der Waals surface area contributed by atoms with E-state index in [0.29, 0.717) is 17.0 Å². The van der Waals surface area contributed by atoms with Gasteiger partial charge in [-0.1, -0.05) is 6.07 Å². The second kappa shape index (κ2) is 4.41. The van der Waals surface area contributed by atoms with Crippen LogP contribution in [0.2, 0.25) is 0 Å². The number of nitrogens with zero attached hydrogens (tertiary/aromatic N) is 3. The second-order valence-corrected chi connectivity index (χ2v) is 3.10. The third-order valence-corrected chi connectivity index (χ3v) is 2.13. The van der Waals surface area contributed by atoms with E-state index in [2.05, 4.69) is 9.97 Å². The maximum Gasteiger partial charge on any atom is 0.140 e. The number of methoxy groups -OCH3 is 1. The maximum atomic E-state index is 8.83. The smallest absolute Gasteiger partial charge is 0.140 e. The molecular formula is C12H9N3O. The molecule has 2 rings (SSSR count). The number of aromatic nitrogens is 2. The molecule has 0 saturated heterocycles. The van der Waals surface area contributed by atoms with Gasteiger partial charge < -0.3 is 4.74 Å². The molecular weight excluding hydrogens is 202 g/mol. The SMILES string of the molecule is COc1cc(-c2ccccn2)ncc1C#N. The highest BCUT2D eigenvalue weighted by Gasteiger charge is 2.06. The van der Waals surface area contributed by atoms with Crippen molar-refractivity contribution in [3.05, 3.63) is 42.2 Å². The minimum absolute atomic E-state index is 0.419. The Balaban J connectivity index is 2.49. The molecule has 0 radical (unpaired) electrons. The van der Waals surface area contributed by atoms with Gasteiger partial charge in [-0.2, -0.15) is 5.26 Å². The summed E-state index contributed by atoms with van der Waals surface area (Å²) in [6, 6.07) is 9.30. The van der Waals surface area contributed by atoms with Gasteiger partial charge in [0.05, 0.1) is 18.5 Å². The van der Waals surface area contributed by atoms with E-state index in [9.17, 15) is 0 Å². The largest absolute Gasteiger partial charge is 0.495 e. The first kappa shape index (κ1) is 10.1. The summed E-state index contributed by atoms with van der Waals surface area (Å²) in [5.41, 5.74) is 1.86. The fraction of sp³-hybridized carbons (Fsp3) is 0.0833. The second-order valence-electron chi connectivity index (χ2n) is 3.10. The van der Waals surface area contributed by atoms with Gasteiger partial charge in [-0.25, -0.2) is 0 Å². The fourth-order valence-corrected chi connectivity index (χ4v) is 1.34. The Morgan fingerprint density at radius 1 is 1.25 bits per heavy atom. The van der Waals surface area contributed by atoms with Crippen molar-refractivity contribution in [1.29, 1.82) is 5.26 Å². The highest BCUT2D eigenvalue weighted by Crippen LogP contribution is 2.22. The number of rotatable bonds is 2. The van der Waals surface area contributed by atoms with E-state index in [0.717, 1.165) is 5.69 Å². The molecule has 0 amide bonds. The number of nitriles is 1. The Bertz CT molecular complexity index is 532. The molecule has 4 heteroatoms. The minimum Gasteiger partial charge on any atom is -0.495 e. The molecule has 0 fully saturated rings. The molecule has 0 aliphatic heterocycles. The molecule has 4 nitrogen and oxygen atoms in total. The topological polar surface area (TPSA) is 58.8 Å². The van der Waals surface area contributed by atoms with E-state index in [4.69, 9.17) is 10.00 Å². The molecule has 0 spiro atoms. The molecule has 0 unspecified atom stereocenters. The third kappa shape index (κ3) is 1.84.